The number of hydrogen-bond donors (Lipinski definition) is 1. The fourth-order valence-corrected chi connectivity index (χ4v) is 4.49. The van der Waals surface area contributed by atoms with E-state index in [1.54, 1.807) is 48.5 Å². The first-order valence-corrected chi connectivity index (χ1v) is 11.9. The Bertz CT molecular complexity index is 1320. The van der Waals surface area contributed by atoms with E-state index in [1.165, 1.54) is 31.4 Å². The zero-order valence-electron chi connectivity index (χ0n) is 18.3. The van der Waals surface area contributed by atoms with Crippen LogP contribution in [0.15, 0.2) is 76.1 Å². The topological polar surface area (TPSA) is 84.9 Å². The van der Waals surface area contributed by atoms with E-state index in [0.717, 1.165) is 16.7 Å². The van der Waals surface area contributed by atoms with Gasteiger partial charge in [0, 0.05) is 10.2 Å². The van der Waals surface area contributed by atoms with E-state index in [-0.39, 0.29) is 16.8 Å². The van der Waals surface area contributed by atoms with Gasteiger partial charge in [-0.3, -0.25) is 14.4 Å². The Morgan fingerprint density at radius 3 is 2.49 bits per heavy atom. The number of nitrogens with one attached hydrogen (secondary N) is 1. The van der Waals surface area contributed by atoms with Crippen molar-refractivity contribution in [3.05, 3.63) is 87.5 Å². The Balaban J connectivity index is 1.49. The first-order chi connectivity index (χ1) is 16.9. The summed E-state index contributed by atoms with van der Waals surface area (Å²) in [6, 6.07) is 17.3. The number of carbonyl (C=O) groups is 3. The summed E-state index contributed by atoms with van der Waals surface area (Å²) in [6.07, 6.45) is 1.59. The van der Waals surface area contributed by atoms with Crippen molar-refractivity contribution in [2.24, 2.45) is 0 Å². The SMILES string of the molecule is COc1cc(/C=C2/SC(=O)N(c3ccccc3)C2=O)c(Br)cc1OCC(=O)Nc1ccc(F)cc1. The summed E-state index contributed by atoms with van der Waals surface area (Å²) in [6.45, 7) is -0.310. The molecule has 0 spiro atoms. The Morgan fingerprint density at radius 2 is 1.80 bits per heavy atom. The molecular formula is C25H18BrFN2O5S. The second-order valence-corrected chi connectivity index (χ2v) is 9.07. The van der Waals surface area contributed by atoms with Gasteiger partial charge in [0.1, 0.15) is 5.82 Å². The molecule has 1 N–H and O–H groups in total. The molecule has 1 saturated heterocycles. The van der Waals surface area contributed by atoms with E-state index < -0.39 is 17.6 Å². The fraction of sp³-hybridized carbons (Fsp3) is 0.0800. The monoisotopic (exact) mass is 556 g/mol. The van der Waals surface area contributed by atoms with E-state index >= 15 is 0 Å². The number of benzene rings is 3. The van der Waals surface area contributed by atoms with Gasteiger partial charge in [-0.15, -0.1) is 0 Å². The molecule has 0 atom stereocenters. The number of imide groups is 1. The molecule has 7 nitrogen and oxygen atoms in total. The van der Waals surface area contributed by atoms with E-state index in [2.05, 4.69) is 21.2 Å². The molecule has 1 heterocycles. The third kappa shape index (κ3) is 5.72. The average molecular weight is 557 g/mol. The maximum Gasteiger partial charge on any atom is 0.298 e. The van der Waals surface area contributed by atoms with Crippen LogP contribution in [0.3, 0.4) is 0 Å². The van der Waals surface area contributed by atoms with Crippen LogP contribution in [0.1, 0.15) is 5.56 Å². The van der Waals surface area contributed by atoms with Crippen molar-refractivity contribution < 1.29 is 28.2 Å². The molecule has 178 valence electrons. The molecule has 0 radical (unpaired) electrons. The summed E-state index contributed by atoms with van der Waals surface area (Å²) < 4.78 is 24.6. The van der Waals surface area contributed by atoms with Gasteiger partial charge in [0.25, 0.3) is 17.1 Å². The van der Waals surface area contributed by atoms with Gasteiger partial charge in [0.2, 0.25) is 0 Å². The van der Waals surface area contributed by atoms with Crippen LogP contribution >= 0.6 is 27.7 Å². The van der Waals surface area contributed by atoms with E-state index in [0.29, 0.717) is 32.9 Å². The van der Waals surface area contributed by atoms with Crippen LogP contribution in [0.2, 0.25) is 0 Å². The van der Waals surface area contributed by atoms with Gasteiger partial charge in [-0.25, -0.2) is 9.29 Å². The number of carbonyl (C=O) groups excluding carboxylic acids is 3. The summed E-state index contributed by atoms with van der Waals surface area (Å²) in [4.78, 5) is 38.9. The smallest absolute Gasteiger partial charge is 0.298 e. The number of thioether (sulfide) groups is 1. The quantitative estimate of drug-likeness (QED) is 0.367. The van der Waals surface area contributed by atoms with Crippen molar-refractivity contribution in [2.45, 2.75) is 0 Å². The zero-order chi connectivity index (χ0) is 24.9. The third-order valence-electron chi connectivity index (χ3n) is 4.86. The molecule has 0 aliphatic carbocycles. The Hall–Kier alpha value is -3.63. The maximum atomic E-state index is 13.0. The normalized spacial score (nSPS) is 14.4. The number of amides is 3. The Morgan fingerprint density at radius 1 is 1.09 bits per heavy atom. The lowest BCUT2D eigenvalue weighted by Crippen LogP contribution is -2.27. The molecule has 0 unspecified atom stereocenters. The first-order valence-electron chi connectivity index (χ1n) is 10.2. The Labute approximate surface area is 213 Å². The molecule has 0 bridgehead atoms. The summed E-state index contributed by atoms with van der Waals surface area (Å²) in [5.74, 6) is -0.637. The lowest BCUT2D eigenvalue weighted by molar-refractivity contribution is -0.118. The molecule has 3 aromatic rings. The lowest BCUT2D eigenvalue weighted by Gasteiger charge is -2.13. The molecule has 10 heteroatoms. The summed E-state index contributed by atoms with van der Waals surface area (Å²) in [5, 5.41) is 2.22. The fourth-order valence-electron chi connectivity index (χ4n) is 3.22. The molecule has 0 aromatic heterocycles. The predicted octanol–water partition coefficient (Wildman–Crippen LogP) is 5.86. The number of para-hydroxylation sites is 1. The molecular weight excluding hydrogens is 539 g/mol. The average Bonchev–Trinajstić information content (AvgIpc) is 3.13. The van der Waals surface area contributed by atoms with Gasteiger partial charge in [0.05, 0.1) is 17.7 Å². The van der Waals surface area contributed by atoms with Crippen molar-refractivity contribution in [3.8, 4) is 11.5 Å². The number of halogens is 2. The van der Waals surface area contributed by atoms with Gasteiger partial charge in [-0.05, 0) is 71.9 Å². The minimum Gasteiger partial charge on any atom is -0.493 e. The molecule has 35 heavy (non-hydrogen) atoms. The number of methoxy groups -OCH3 is 1. The van der Waals surface area contributed by atoms with Crippen molar-refractivity contribution in [1.29, 1.82) is 0 Å². The molecule has 3 aromatic carbocycles. The number of nitrogens with zero attached hydrogens (tertiary/aromatic N) is 1. The highest BCUT2D eigenvalue weighted by Gasteiger charge is 2.36. The van der Waals surface area contributed by atoms with E-state index in [4.69, 9.17) is 9.47 Å². The highest BCUT2D eigenvalue weighted by Crippen LogP contribution is 2.39. The van der Waals surface area contributed by atoms with E-state index in [1.807, 2.05) is 0 Å². The Kier molecular flexibility index (Phi) is 7.52. The van der Waals surface area contributed by atoms with Crippen LogP contribution in [0, 0.1) is 5.82 Å². The minimum absolute atomic E-state index is 0.258. The summed E-state index contributed by atoms with van der Waals surface area (Å²) >= 11 is 4.29. The van der Waals surface area contributed by atoms with Gasteiger partial charge in [-0.1, -0.05) is 34.1 Å². The summed E-state index contributed by atoms with van der Waals surface area (Å²) in [5.41, 5.74) is 1.52. The van der Waals surface area contributed by atoms with E-state index in [9.17, 15) is 18.8 Å². The second kappa shape index (κ2) is 10.7. The van der Waals surface area contributed by atoms with Crippen LogP contribution in [-0.4, -0.2) is 30.8 Å². The molecule has 4 rings (SSSR count). The standard InChI is InChI=1S/C25H18BrFN2O5S/c1-33-20-11-15(12-22-24(31)29(25(32)35-22)18-5-3-2-4-6-18)19(26)13-21(20)34-14-23(30)28-17-9-7-16(27)8-10-17/h2-13H,14H2,1H3,(H,28,30)/b22-12+. The van der Waals surface area contributed by atoms with Gasteiger partial charge in [0.15, 0.2) is 18.1 Å². The molecule has 1 fully saturated rings. The highest BCUT2D eigenvalue weighted by molar-refractivity contribution is 9.10. The minimum atomic E-state index is -0.437. The predicted molar refractivity (Wildman–Crippen MR) is 136 cm³/mol. The van der Waals surface area contributed by atoms with Crippen LogP contribution in [0.5, 0.6) is 11.5 Å². The largest absolute Gasteiger partial charge is 0.493 e. The number of hydrogen-bond acceptors (Lipinski definition) is 6. The third-order valence-corrected chi connectivity index (χ3v) is 6.42. The van der Waals surface area contributed by atoms with Crippen molar-refractivity contribution >= 4 is 62.2 Å². The maximum absolute atomic E-state index is 13.0. The molecule has 3 amide bonds. The van der Waals surface area contributed by atoms with Crippen molar-refractivity contribution in [3.63, 3.8) is 0 Å². The molecule has 1 aliphatic heterocycles. The van der Waals surface area contributed by atoms with Gasteiger partial charge in [-0.2, -0.15) is 0 Å². The number of anilines is 2. The molecule has 0 saturated carbocycles. The number of rotatable bonds is 7. The number of ether oxygens (including phenoxy) is 2. The second-order valence-electron chi connectivity index (χ2n) is 7.22. The van der Waals surface area contributed by atoms with Crippen LogP contribution < -0.4 is 19.7 Å². The van der Waals surface area contributed by atoms with Crippen LogP contribution in [-0.2, 0) is 9.59 Å². The van der Waals surface area contributed by atoms with Gasteiger partial charge < -0.3 is 14.8 Å². The van der Waals surface area contributed by atoms with Gasteiger partial charge >= 0.3 is 0 Å². The molecule has 1 aliphatic rings. The summed E-state index contributed by atoms with van der Waals surface area (Å²) in [7, 11) is 1.45. The van der Waals surface area contributed by atoms with Crippen LogP contribution in [0.25, 0.3) is 6.08 Å². The first kappa shape index (κ1) is 24.5. The van der Waals surface area contributed by atoms with Crippen molar-refractivity contribution in [2.75, 3.05) is 23.9 Å². The highest BCUT2D eigenvalue weighted by atomic mass is 79.9. The van der Waals surface area contributed by atoms with Crippen LogP contribution in [0.4, 0.5) is 20.6 Å². The lowest BCUT2D eigenvalue weighted by atomic mass is 10.1. The van der Waals surface area contributed by atoms with Crippen molar-refractivity contribution in [1.82, 2.24) is 0 Å². The zero-order valence-corrected chi connectivity index (χ0v) is 20.7.